The molecule has 0 radical (unpaired) electrons. The fraction of sp³-hybridized carbons (Fsp3) is 0.571. The Balaban J connectivity index is 0.00000200. The number of hydrogen-bond acceptors (Lipinski definition) is 4. The highest BCUT2D eigenvalue weighted by atomic mass is 127. The van der Waals surface area contributed by atoms with Crippen LogP contribution < -0.4 is 14.8 Å². The molecule has 0 aromatic heterocycles. The van der Waals surface area contributed by atoms with Crippen LogP contribution in [0.3, 0.4) is 0 Å². The lowest BCUT2D eigenvalue weighted by atomic mass is 10.1. The third-order valence-corrected chi connectivity index (χ3v) is 4.15. The summed E-state index contributed by atoms with van der Waals surface area (Å²) in [7, 11) is 3.36. The molecule has 1 aromatic carbocycles. The van der Waals surface area contributed by atoms with Gasteiger partial charge in [-0.1, -0.05) is 0 Å². The summed E-state index contributed by atoms with van der Waals surface area (Å²) in [6.45, 7) is 6.43. The molecule has 0 amide bonds. The van der Waals surface area contributed by atoms with Crippen molar-refractivity contribution >= 4 is 35.0 Å². The maximum absolute atomic E-state index is 5.41. The van der Waals surface area contributed by atoms with Crippen LogP contribution in [0, 0.1) is 3.57 Å². The van der Waals surface area contributed by atoms with Gasteiger partial charge >= 0.3 is 0 Å². The van der Waals surface area contributed by atoms with E-state index in [1.807, 2.05) is 0 Å². The maximum Gasteiger partial charge on any atom is 0.174 e. The van der Waals surface area contributed by atoms with E-state index < -0.39 is 0 Å². The molecule has 2 rings (SSSR count). The standard InChI is InChI=1S/C14H21IN2O2.ClH/c1-10-8-17(5-4-16-10)9-11-6-12(15)14(19-3)13(7-11)18-2;/h6-7,10,16H,4-5,8-9H2,1-3H3;1H/t10-;/m0./s1. The lowest BCUT2D eigenvalue weighted by Crippen LogP contribution is -2.48. The average molecular weight is 413 g/mol. The molecular formula is C14H22ClIN2O2. The van der Waals surface area contributed by atoms with Gasteiger partial charge in [0.25, 0.3) is 0 Å². The van der Waals surface area contributed by atoms with Crippen molar-refractivity contribution in [3.63, 3.8) is 0 Å². The van der Waals surface area contributed by atoms with Crippen LogP contribution in [0.1, 0.15) is 12.5 Å². The zero-order valence-corrected chi connectivity index (χ0v) is 15.1. The Morgan fingerprint density at radius 3 is 2.70 bits per heavy atom. The number of methoxy groups -OCH3 is 2. The smallest absolute Gasteiger partial charge is 0.174 e. The van der Waals surface area contributed by atoms with Gasteiger partial charge in [-0.05, 0) is 47.2 Å². The molecule has 0 spiro atoms. The van der Waals surface area contributed by atoms with Gasteiger partial charge in [-0.15, -0.1) is 12.4 Å². The van der Waals surface area contributed by atoms with Crippen molar-refractivity contribution in [3.8, 4) is 11.5 Å². The number of piperazine rings is 1. The van der Waals surface area contributed by atoms with Crippen LogP contribution in [0.4, 0.5) is 0 Å². The van der Waals surface area contributed by atoms with Crippen LogP contribution >= 0.6 is 35.0 Å². The van der Waals surface area contributed by atoms with Gasteiger partial charge in [0.05, 0.1) is 17.8 Å². The first kappa shape index (κ1) is 17.8. The Morgan fingerprint density at radius 2 is 2.10 bits per heavy atom. The Hall–Kier alpha value is -0.240. The van der Waals surface area contributed by atoms with E-state index in [0.29, 0.717) is 6.04 Å². The van der Waals surface area contributed by atoms with Gasteiger partial charge in [-0.25, -0.2) is 0 Å². The van der Waals surface area contributed by atoms with E-state index in [9.17, 15) is 0 Å². The molecule has 1 aliphatic heterocycles. The quantitative estimate of drug-likeness (QED) is 0.771. The number of halogens is 2. The molecule has 1 N–H and O–H groups in total. The highest BCUT2D eigenvalue weighted by Gasteiger charge is 2.17. The van der Waals surface area contributed by atoms with Crippen LogP contribution in [0.15, 0.2) is 12.1 Å². The monoisotopic (exact) mass is 412 g/mol. The Morgan fingerprint density at radius 1 is 1.35 bits per heavy atom. The number of rotatable bonds is 4. The molecule has 1 atom stereocenters. The van der Waals surface area contributed by atoms with E-state index in [1.165, 1.54) is 5.56 Å². The molecule has 0 aliphatic carbocycles. The molecule has 0 unspecified atom stereocenters. The van der Waals surface area contributed by atoms with Crippen LogP contribution in [-0.2, 0) is 6.54 Å². The summed E-state index contributed by atoms with van der Waals surface area (Å²) >= 11 is 2.30. The molecule has 1 saturated heterocycles. The fourth-order valence-electron chi connectivity index (χ4n) is 2.48. The molecule has 1 aromatic rings. The molecule has 4 nitrogen and oxygen atoms in total. The first-order valence-corrected chi connectivity index (χ1v) is 7.58. The van der Waals surface area contributed by atoms with Crippen LogP contribution in [0.5, 0.6) is 11.5 Å². The first-order valence-electron chi connectivity index (χ1n) is 6.50. The molecule has 1 heterocycles. The molecule has 1 aliphatic rings. The van der Waals surface area contributed by atoms with Gasteiger partial charge in [0, 0.05) is 32.2 Å². The van der Waals surface area contributed by atoms with Crippen LogP contribution in [0.2, 0.25) is 0 Å². The molecule has 1 fully saturated rings. The van der Waals surface area contributed by atoms with Gasteiger partial charge in [-0.3, -0.25) is 4.90 Å². The Labute approximate surface area is 140 Å². The third-order valence-electron chi connectivity index (χ3n) is 3.35. The Bertz CT molecular complexity index is 445. The van der Waals surface area contributed by atoms with E-state index in [1.54, 1.807) is 14.2 Å². The van der Waals surface area contributed by atoms with Crippen molar-refractivity contribution in [3.05, 3.63) is 21.3 Å². The minimum absolute atomic E-state index is 0. The second kappa shape index (κ2) is 8.26. The molecule has 0 saturated carbocycles. The second-order valence-corrected chi connectivity index (χ2v) is 6.07. The third kappa shape index (κ3) is 4.38. The van der Waals surface area contributed by atoms with Crippen molar-refractivity contribution in [2.75, 3.05) is 33.9 Å². The molecular weight excluding hydrogens is 391 g/mol. The van der Waals surface area contributed by atoms with Crippen LogP contribution in [0.25, 0.3) is 0 Å². The van der Waals surface area contributed by atoms with Crippen LogP contribution in [-0.4, -0.2) is 44.8 Å². The second-order valence-electron chi connectivity index (χ2n) is 4.90. The largest absolute Gasteiger partial charge is 0.493 e. The summed E-state index contributed by atoms with van der Waals surface area (Å²) in [5, 5.41) is 3.46. The molecule has 114 valence electrons. The predicted octanol–water partition coefficient (Wildman–Crippen LogP) is 2.52. The van der Waals surface area contributed by atoms with Gasteiger partial charge in [-0.2, -0.15) is 0 Å². The van der Waals surface area contributed by atoms with Crippen molar-refractivity contribution in [1.82, 2.24) is 10.2 Å². The number of benzene rings is 1. The van der Waals surface area contributed by atoms with E-state index in [-0.39, 0.29) is 12.4 Å². The topological polar surface area (TPSA) is 33.7 Å². The lowest BCUT2D eigenvalue weighted by Gasteiger charge is -2.32. The van der Waals surface area contributed by atoms with Gasteiger partial charge in [0.15, 0.2) is 11.5 Å². The molecule has 20 heavy (non-hydrogen) atoms. The first-order chi connectivity index (χ1) is 9.13. The number of nitrogens with one attached hydrogen (secondary N) is 1. The SMILES string of the molecule is COc1cc(CN2CCN[C@@H](C)C2)cc(I)c1OC.Cl. The summed E-state index contributed by atoms with van der Waals surface area (Å²) < 4.78 is 11.9. The number of hydrogen-bond donors (Lipinski definition) is 1. The summed E-state index contributed by atoms with van der Waals surface area (Å²) in [6, 6.07) is 4.82. The van der Waals surface area contributed by atoms with E-state index in [0.717, 1.165) is 41.2 Å². The number of ether oxygens (including phenoxy) is 2. The summed E-state index contributed by atoms with van der Waals surface area (Å²) in [5.41, 5.74) is 1.27. The molecule has 0 bridgehead atoms. The minimum Gasteiger partial charge on any atom is -0.493 e. The van der Waals surface area contributed by atoms with Crippen molar-refractivity contribution in [1.29, 1.82) is 0 Å². The van der Waals surface area contributed by atoms with E-state index in [4.69, 9.17) is 9.47 Å². The highest BCUT2D eigenvalue weighted by molar-refractivity contribution is 14.1. The maximum atomic E-state index is 5.41. The minimum atomic E-state index is 0. The predicted molar refractivity (Wildman–Crippen MR) is 92.3 cm³/mol. The zero-order valence-electron chi connectivity index (χ0n) is 12.1. The Kier molecular flexibility index (Phi) is 7.36. The highest BCUT2D eigenvalue weighted by Crippen LogP contribution is 2.33. The van der Waals surface area contributed by atoms with Crippen molar-refractivity contribution in [2.45, 2.75) is 19.5 Å². The van der Waals surface area contributed by atoms with E-state index >= 15 is 0 Å². The fourth-order valence-corrected chi connectivity index (χ4v) is 3.36. The lowest BCUT2D eigenvalue weighted by molar-refractivity contribution is 0.199. The van der Waals surface area contributed by atoms with Crippen molar-refractivity contribution < 1.29 is 9.47 Å². The van der Waals surface area contributed by atoms with Crippen molar-refractivity contribution in [2.24, 2.45) is 0 Å². The summed E-state index contributed by atoms with van der Waals surface area (Å²) in [4.78, 5) is 2.47. The summed E-state index contributed by atoms with van der Waals surface area (Å²) in [5.74, 6) is 1.63. The molecule has 6 heteroatoms. The number of nitrogens with zero attached hydrogens (tertiary/aromatic N) is 1. The van der Waals surface area contributed by atoms with Gasteiger partial charge in [0.1, 0.15) is 0 Å². The average Bonchev–Trinajstić information content (AvgIpc) is 2.38. The van der Waals surface area contributed by atoms with E-state index in [2.05, 4.69) is 51.9 Å². The zero-order chi connectivity index (χ0) is 13.8. The summed E-state index contributed by atoms with van der Waals surface area (Å²) in [6.07, 6.45) is 0. The normalized spacial score (nSPS) is 19.3. The van der Waals surface area contributed by atoms with Gasteiger partial charge in [0.2, 0.25) is 0 Å². The van der Waals surface area contributed by atoms with Gasteiger partial charge < -0.3 is 14.8 Å².